The minimum atomic E-state index is -0.220. The molecule has 0 bridgehead atoms. The summed E-state index contributed by atoms with van der Waals surface area (Å²) in [5, 5.41) is 9.00. The average molecular weight is 427 g/mol. The summed E-state index contributed by atoms with van der Waals surface area (Å²) < 4.78 is 5.36. The largest absolute Gasteiger partial charge is 0.378 e. The molecule has 1 aromatic heterocycles. The van der Waals surface area contributed by atoms with Crippen LogP contribution in [0.15, 0.2) is 42.7 Å². The van der Waals surface area contributed by atoms with Gasteiger partial charge in [-0.1, -0.05) is 6.07 Å². The lowest BCUT2D eigenvalue weighted by atomic mass is 10.1. The van der Waals surface area contributed by atoms with Gasteiger partial charge in [0.2, 0.25) is 5.91 Å². The first-order valence-electron chi connectivity index (χ1n) is 8.55. The van der Waals surface area contributed by atoms with Crippen molar-refractivity contribution < 1.29 is 14.3 Å². The number of pyridine rings is 1. The summed E-state index contributed by atoms with van der Waals surface area (Å²) in [5.74, 6) is -0.314. The molecule has 0 aliphatic carbocycles. The number of morpholine rings is 1. The molecule has 1 fully saturated rings. The van der Waals surface area contributed by atoms with Crippen LogP contribution in [0.4, 0.5) is 11.4 Å². The molecule has 1 aromatic carbocycles. The number of anilines is 2. The van der Waals surface area contributed by atoms with Crippen molar-refractivity contribution in [1.82, 2.24) is 10.3 Å². The first-order valence-corrected chi connectivity index (χ1v) is 8.55. The zero-order chi connectivity index (χ0) is 18.4. The van der Waals surface area contributed by atoms with Crippen LogP contribution in [-0.4, -0.2) is 42.6 Å². The molecule has 3 rings (SSSR count). The maximum Gasteiger partial charge on any atom is 0.255 e. The number of rotatable bonds is 5. The summed E-state index contributed by atoms with van der Waals surface area (Å²) in [7, 11) is 0. The molecule has 0 saturated carbocycles. The number of aryl methyl sites for hydroxylation is 1. The molecular weight excluding hydrogens is 403 g/mol. The van der Waals surface area contributed by atoms with Crippen molar-refractivity contribution in [2.75, 3.05) is 30.4 Å². The van der Waals surface area contributed by atoms with Crippen LogP contribution in [0.5, 0.6) is 0 Å². The third-order valence-corrected chi connectivity index (χ3v) is 4.14. The van der Waals surface area contributed by atoms with Gasteiger partial charge in [0, 0.05) is 48.3 Å². The van der Waals surface area contributed by atoms with E-state index in [2.05, 4.69) is 20.9 Å². The molecule has 0 spiro atoms. The Morgan fingerprint density at radius 1 is 1.18 bits per heavy atom. The molecule has 2 aromatic rings. The van der Waals surface area contributed by atoms with E-state index in [0.717, 1.165) is 12.1 Å². The van der Waals surface area contributed by atoms with Gasteiger partial charge in [-0.25, -0.2) is 0 Å². The molecule has 1 aliphatic heterocycles. The summed E-state index contributed by atoms with van der Waals surface area (Å²) in [6, 6.07) is 8.77. The lowest BCUT2D eigenvalue weighted by Crippen LogP contribution is -2.43. The number of amides is 2. The lowest BCUT2D eigenvalue weighted by molar-refractivity contribution is -0.117. The van der Waals surface area contributed by atoms with Gasteiger partial charge in [0.25, 0.3) is 5.91 Å². The van der Waals surface area contributed by atoms with Gasteiger partial charge in [-0.05, 0) is 36.8 Å². The van der Waals surface area contributed by atoms with E-state index in [1.807, 2.05) is 19.1 Å². The highest BCUT2D eigenvalue weighted by Crippen LogP contribution is 2.21. The van der Waals surface area contributed by atoms with E-state index >= 15 is 0 Å². The van der Waals surface area contributed by atoms with Crippen LogP contribution in [0.1, 0.15) is 22.3 Å². The summed E-state index contributed by atoms with van der Waals surface area (Å²) in [6.45, 7) is 3.87. The van der Waals surface area contributed by atoms with E-state index in [0.29, 0.717) is 36.6 Å². The predicted octanol–water partition coefficient (Wildman–Crippen LogP) is 2.80. The van der Waals surface area contributed by atoms with Gasteiger partial charge in [0.1, 0.15) is 0 Å². The van der Waals surface area contributed by atoms with Gasteiger partial charge in [-0.15, -0.1) is 24.8 Å². The van der Waals surface area contributed by atoms with E-state index < -0.39 is 0 Å². The molecular formula is C19H24Cl2N4O3. The molecule has 1 unspecified atom stereocenters. The van der Waals surface area contributed by atoms with E-state index in [1.54, 1.807) is 30.6 Å². The van der Waals surface area contributed by atoms with Gasteiger partial charge in [0.05, 0.1) is 13.2 Å². The Hall–Kier alpha value is -2.19. The number of benzene rings is 1. The Bertz CT molecular complexity index is 784. The van der Waals surface area contributed by atoms with Crippen LogP contribution in [0.3, 0.4) is 0 Å². The molecule has 1 atom stereocenters. The molecule has 7 nitrogen and oxygen atoms in total. The number of carbonyl (C=O) groups excluding carboxylic acids is 2. The zero-order valence-electron chi connectivity index (χ0n) is 15.4. The summed E-state index contributed by atoms with van der Waals surface area (Å²) in [5.41, 5.74) is 2.73. The van der Waals surface area contributed by atoms with Crippen LogP contribution in [0, 0.1) is 6.92 Å². The molecule has 152 valence electrons. The van der Waals surface area contributed by atoms with Crippen molar-refractivity contribution in [3.05, 3.63) is 53.9 Å². The van der Waals surface area contributed by atoms with Crippen LogP contribution in [0.25, 0.3) is 0 Å². The quantitative estimate of drug-likeness (QED) is 0.683. The second kappa shape index (κ2) is 11.6. The van der Waals surface area contributed by atoms with Crippen molar-refractivity contribution in [3.8, 4) is 0 Å². The lowest BCUT2D eigenvalue weighted by Gasteiger charge is -2.23. The smallest absolute Gasteiger partial charge is 0.255 e. The Labute approximate surface area is 176 Å². The van der Waals surface area contributed by atoms with Crippen LogP contribution >= 0.6 is 24.8 Å². The van der Waals surface area contributed by atoms with Crippen LogP contribution in [0.2, 0.25) is 0 Å². The van der Waals surface area contributed by atoms with E-state index in [4.69, 9.17) is 4.74 Å². The van der Waals surface area contributed by atoms with Crippen molar-refractivity contribution in [2.45, 2.75) is 19.4 Å². The molecule has 1 saturated heterocycles. The molecule has 28 heavy (non-hydrogen) atoms. The fourth-order valence-electron chi connectivity index (χ4n) is 2.72. The molecule has 0 radical (unpaired) electrons. The highest BCUT2D eigenvalue weighted by Gasteiger charge is 2.17. The third-order valence-electron chi connectivity index (χ3n) is 4.14. The number of nitrogens with zero attached hydrogens (tertiary/aromatic N) is 1. The van der Waals surface area contributed by atoms with Crippen molar-refractivity contribution in [3.63, 3.8) is 0 Å². The monoisotopic (exact) mass is 426 g/mol. The Balaban J connectivity index is 0.00000196. The van der Waals surface area contributed by atoms with Gasteiger partial charge in [-0.3, -0.25) is 14.6 Å². The minimum Gasteiger partial charge on any atom is -0.378 e. The highest BCUT2D eigenvalue weighted by molar-refractivity contribution is 6.05. The van der Waals surface area contributed by atoms with Crippen LogP contribution in [-0.2, 0) is 9.53 Å². The van der Waals surface area contributed by atoms with Crippen LogP contribution < -0.4 is 16.0 Å². The second-order valence-electron chi connectivity index (χ2n) is 6.20. The van der Waals surface area contributed by atoms with Gasteiger partial charge >= 0.3 is 0 Å². The van der Waals surface area contributed by atoms with Gasteiger partial charge < -0.3 is 20.7 Å². The Morgan fingerprint density at radius 2 is 1.93 bits per heavy atom. The molecule has 9 heteroatoms. The molecule has 2 heterocycles. The molecule has 2 amide bonds. The summed E-state index contributed by atoms with van der Waals surface area (Å²) >= 11 is 0. The summed E-state index contributed by atoms with van der Waals surface area (Å²) in [6.07, 6.45) is 3.48. The predicted molar refractivity (Wildman–Crippen MR) is 114 cm³/mol. The Morgan fingerprint density at radius 3 is 2.61 bits per heavy atom. The first-order chi connectivity index (χ1) is 12.6. The summed E-state index contributed by atoms with van der Waals surface area (Å²) in [4.78, 5) is 28.4. The fourth-order valence-corrected chi connectivity index (χ4v) is 2.72. The third kappa shape index (κ3) is 6.76. The topological polar surface area (TPSA) is 92.4 Å². The number of hydrogen-bond acceptors (Lipinski definition) is 5. The standard InChI is InChI=1S/C19H22N4O3.2ClH/c1-13-2-3-15(22-18(24)11-16-12-26-9-8-21-16)10-17(13)23-19(25)14-4-6-20-7-5-14;;/h2-7,10,16,21H,8-9,11-12H2,1H3,(H,22,24)(H,23,25);2*1H. The van der Waals surface area contributed by atoms with E-state index in [1.165, 1.54) is 0 Å². The number of ether oxygens (including phenoxy) is 1. The first kappa shape index (κ1) is 23.8. The molecule has 1 aliphatic rings. The SMILES string of the molecule is Cc1ccc(NC(=O)CC2COCCN2)cc1NC(=O)c1ccncc1.Cl.Cl. The van der Waals surface area contributed by atoms with Gasteiger partial charge in [0.15, 0.2) is 0 Å². The Kier molecular flexibility index (Phi) is 9.89. The minimum absolute atomic E-state index is 0. The average Bonchev–Trinajstić information content (AvgIpc) is 2.66. The number of hydrogen-bond donors (Lipinski definition) is 3. The maximum atomic E-state index is 12.3. The van der Waals surface area contributed by atoms with Crippen molar-refractivity contribution in [1.29, 1.82) is 0 Å². The number of aromatic nitrogens is 1. The zero-order valence-corrected chi connectivity index (χ0v) is 17.1. The fraction of sp³-hybridized carbons (Fsp3) is 0.316. The van der Waals surface area contributed by atoms with Crippen molar-refractivity contribution >= 4 is 48.0 Å². The van der Waals surface area contributed by atoms with E-state index in [9.17, 15) is 9.59 Å². The maximum absolute atomic E-state index is 12.3. The van der Waals surface area contributed by atoms with Gasteiger partial charge in [-0.2, -0.15) is 0 Å². The number of halogens is 2. The van der Waals surface area contributed by atoms with Crippen molar-refractivity contribution in [2.24, 2.45) is 0 Å². The normalized spacial score (nSPS) is 15.5. The highest BCUT2D eigenvalue weighted by atomic mass is 35.5. The number of nitrogens with one attached hydrogen (secondary N) is 3. The van der Waals surface area contributed by atoms with E-state index in [-0.39, 0.29) is 42.7 Å². The second-order valence-corrected chi connectivity index (χ2v) is 6.20. The molecule has 3 N–H and O–H groups in total. The number of carbonyl (C=O) groups is 2.